The van der Waals surface area contributed by atoms with Gasteiger partial charge in [-0.3, -0.25) is 4.79 Å². The second-order valence-corrected chi connectivity index (χ2v) is 6.31. The lowest BCUT2D eigenvalue weighted by atomic mass is 10.1. The Morgan fingerprint density at radius 2 is 2.29 bits per heavy atom. The molecule has 4 nitrogen and oxygen atoms in total. The van der Waals surface area contributed by atoms with Gasteiger partial charge in [0.05, 0.1) is 18.8 Å². The van der Waals surface area contributed by atoms with Gasteiger partial charge in [-0.15, -0.1) is 5.10 Å². The van der Waals surface area contributed by atoms with Crippen molar-refractivity contribution in [3.8, 4) is 0 Å². The first-order chi connectivity index (χ1) is 10.2. The lowest BCUT2D eigenvalue weighted by Crippen LogP contribution is -2.34. The number of benzene rings is 1. The fraction of sp³-hybridized carbons (Fsp3) is 0.267. The molecule has 0 saturated heterocycles. The fourth-order valence-corrected chi connectivity index (χ4v) is 3.37. The number of carbonyl (C=O) groups excluding carboxylic acids is 1. The summed E-state index contributed by atoms with van der Waals surface area (Å²) >= 11 is 7.07. The Hall–Kier alpha value is -1.72. The maximum absolute atomic E-state index is 12.7. The predicted molar refractivity (Wildman–Crippen MR) is 83.4 cm³/mol. The first-order valence-electron chi connectivity index (χ1n) is 6.66. The SMILES string of the molecule is C=C(Cl)CN(C(=O)c1cnns1)[C@H]1CCc2ccccc21. The average molecular weight is 320 g/mol. The second kappa shape index (κ2) is 5.95. The molecule has 0 unspecified atom stereocenters. The zero-order chi connectivity index (χ0) is 14.8. The zero-order valence-corrected chi connectivity index (χ0v) is 12.9. The van der Waals surface area contributed by atoms with E-state index in [1.165, 1.54) is 17.3 Å². The maximum Gasteiger partial charge on any atom is 0.268 e. The van der Waals surface area contributed by atoms with E-state index in [0.29, 0.717) is 16.5 Å². The summed E-state index contributed by atoms with van der Waals surface area (Å²) in [5, 5.41) is 4.19. The number of carbonyl (C=O) groups is 1. The highest BCUT2D eigenvalue weighted by molar-refractivity contribution is 7.07. The van der Waals surface area contributed by atoms with Crippen LogP contribution in [0.1, 0.15) is 33.3 Å². The van der Waals surface area contributed by atoms with E-state index in [1.54, 1.807) is 4.90 Å². The van der Waals surface area contributed by atoms with Crippen molar-refractivity contribution in [3.63, 3.8) is 0 Å². The zero-order valence-electron chi connectivity index (χ0n) is 11.3. The Kier molecular flexibility index (Phi) is 4.03. The molecule has 1 aromatic heterocycles. The largest absolute Gasteiger partial charge is 0.326 e. The number of aryl methyl sites for hydroxylation is 1. The summed E-state index contributed by atoms with van der Waals surface area (Å²) in [4.78, 5) is 15.0. The predicted octanol–water partition coefficient (Wildman–Crippen LogP) is 3.42. The van der Waals surface area contributed by atoms with E-state index in [9.17, 15) is 4.79 Å². The molecule has 21 heavy (non-hydrogen) atoms. The molecule has 1 aliphatic rings. The molecule has 0 spiro atoms. The van der Waals surface area contributed by atoms with Crippen LogP contribution in [0, 0.1) is 0 Å². The molecule has 1 aromatic carbocycles. The summed E-state index contributed by atoms with van der Waals surface area (Å²) in [6, 6.07) is 8.26. The summed E-state index contributed by atoms with van der Waals surface area (Å²) in [5.74, 6) is -0.0893. The number of hydrogen-bond donors (Lipinski definition) is 0. The van der Waals surface area contributed by atoms with Crippen LogP contribution in [0.25, 0.3) is 0 Å². The lowest BCUT2D eigenvalue weighted by molar-refractivity contribution is 0.0704. The van der Waals surface area contributed by atoms with Crippen LogP contribution in [-0.2, 0) is 6.42 Å². The van der Waals surface area contributed by atoms with E-state index in [0.717, 1.165) is 24.4 Å². The van der Waals surface area contributed by atoms with E-state index in [-0.39, 0.29) is 11.9 Å². The van der Waals surface area contributed by atoms with Gasteiger partial charge in [0.25, 0.3) is 5.91 Å². The molecular weight excluding hydrogens is 306 g/mol. The fourth-order valence-electron chi connectivity index (χ4n) is 2.77. The molecule has 0 radical (unpaired) electrons. The van der Waals surface area contributed by atoms with E-state index < -0.39 is 0 Å². The van der Waals surface area contributed by atoms with Gasteiger partial charge in [-0.1, -0.05) is 46.9 Å². The molecule has 0 N–H and O–H groups in total. The van der Waals surface area contributed by atoms with Crippen LogP contribution >= 0.6 is 23.1 Å². The molecule has 3 rings (SSSR count). The van der Waals surface area contributed by atoms with Gasteiger partial charge < -0.3 is 4.90 Å². The molecule has 1 atom stereocenters. The van der Waals surface area contributed by atoms with E-state index >= 15 is 0 Å². The Balaban J connectivity index is 1.94. The number of rotatable bonds is 4. The van der Waals surface area contributed by atoms with Gasteiger partial charge in [0.2, 0.25) is 0 Å². The maximum atomic E-state index is 12.7. The minimum absolute atomic E-state index is 0.0336. The monoisotopic (exact) mass is 319 g/mol. The van der Waals surface area contributed by atoms with Crippen molar-refractivity contribution in [3.05, 3.63) is 58.1 Å². The minimum atomic E-state index is -0.0893. The highest BCUT2D eigenvalue weighted by Gasteiger charge is 2.32. The molecule has 0 aliphatic heterocycles. The minimum Gasteiger partial charge on any atom is -0.326 e. The molecule has 1 aliphatic carbocycles. The molecule has 1 heterocycles. The van der Waals surface area contributed by atoms with Crippen LogP contribution in [0.5, 0.6) is 0 Å². The smallest absolute Gasteiger partial charge is 0.268 e. The Morgan fingerprint density at radius 3 is 3.00 bits per heavy atom. The molecule has 108 valence electrons. The average Bonchev–Trinajstić information content (AvgIpc) is 3.13. The summed E-state index contributed by atoms with van der Waals surface area (Å²) in [5.41, 5.74) is 2.49. The molecule has 0 fully saturated rings. The summed E-state index contributed by atoms with van der Waals surface area (Å²) in [6.45, 7) is 4.06. The quantitative estimate of drug-likeness (QED) is 0.867. The lowest BCUT2D eigenvalue weighted by Gasteiger charge is -2.29. The third kappa shape index (κ3) is 2.84. The van der Waals surface area contributed by atoms with Crippen molar-refractivity contribution in [1.29, 1.82) is 0 Å². The highest BCUT2D eigenvalue weighted by atomic mass is 35.5. The molecule has 1 amide bonds. The van der Waals surface area contributed by atoms with Crippen LogP contribution in [0.15, 0.2) is 42.1 Å². The number of nitrogens with zero attached hydrogens (tertiary/aromatic N) is 3. The van der Waals surface area contributed by atoms with Crippen molar-refractivity contribution in [1.82, 2.24) is 14.5 Å². The molecule has 6 heteroatoms. The molecule has 2 aromatic rings. The van der Waals surface area contributed by atoms with Crippen molar-refractivity contribution < 1.29 is 4.79 Å². The van der Waals surface area contributed by atoms with Gasteiger partial charge >= 0.3 is 0 Å². The van der Waals surface area contributed by atoms with Gasteiger partial charge in [-0.2, -0.15) is 0 Å². The van der Waals surface area contributed by atoms with Crippen LogP contribution in [-0.4, -0.2) is 26.9 Å². The van der Waals surface area contributed by atoms with Gasteiger partial charge in [-0.25, -0.2) is 0 Å². The van der Waals surface area contributed by atoms with Crippen LogP contribution in [0.2, 0.25) is 0 Å². The molecular formula is C15H14ClN3OS. The number of aromatic nitrogens is 2. The normalized spacial score (nSPS) is 16.5. The van der Waals surface area contributed by atoms with E-state index in [1.807, 2.05) is 12.1 Å². The molecule has 0 bridgehead atoms. The number of hydrogen-bond acceptors (Lipinski definition) is 4. The van der Waals surface area contributed by atoms with Crippen LogP contribution < -0.4 is 0 Å². The number of amides is 1. The van der Waals surface area contributed by atoms with Crippen LogP contribution in [0.4, 0.5) is 0 Å². The second-order valence-electron chi connectivity index (χ2n) is 4.99. The third-order valence-corrected chi connectivity index (χ3v) is 4.42. The van der Waals surface area contributed by atoms with Crippen molar-refractivity contribution in [2.24, 2.45) is 0 Å². The van der Waals surface area contributed by atoms with E-state index in [4.69, 9.17) is 11.6 Å². The topological polar surface area (TPSA) is 46.1 Å². The van der Waals surface area contributed by atoms with Gasteiger partial charge in [0, 0.05) is 5.03 Å². The van der Waals surface area contributed by atoms with E-state index in [2.05, 4.69) is 28.3 Å². The third-order valence-electron chi connectivity index (χ3n) is 3.65. The van der Waals surface area contributed by atoms with Crippen LogP contribution in [0.3, 0.4) is 0 Å². The van der Waals surface area contributed by atoms with Crippen molar-refractivity contribution in [2.45, 2.75) is 18.9 Å². The standard InChI is InChI=1S/C15H14ClN3OS/c1-10(16)9-19(15(20)14-8-17-18-21-14)13-7-6-11-4-2-3-5-12(11)13/h2-5,8,13H,1,6-7,9H2/t13-/m0/s1. The Bertz CT molecular complexity index is 671. The van der Waals surface area contributed by atoms with Crippen molar-refractivity contribution in [2.75, 3.05) is 6.54 Å². The summed E-state index contributed by atoms with van der Waals surface area (Å²) in [6.07, 6.45) is 3.37. The van der Waals surface area contributed by atoms with Crippen molar-refractivity contribution >= 4 is 29.0 Å². The highest BCUT2D eigenvalue weighted by Crippen LogP contribution is 2.37. The first-order valence-corrected chi connectivity index (χ1v) is 7.81. The number of halogens is 1. The van der Waals surface area contributed by atoms with Gasteiger partial charge in [0.1, 0.15) is 4.88 Å². The summed E-state index contributed by atoms with van der Waals surface area (Å²) in [7, 11) is 0. The summed E-state index contributed by atoms with van der Waals surface area (Å²) < 4.78 is 3.76. The van der Waals surface area contributed by atoms with Gasteiger partial charge in [-0.05, 0) is 35.5 Å². The van der Waals surface area contributed by atoms with Gasteiger partial charge in [0.15, 0.2) is 0 Å². The molecule has 0 saturated carbocycles. The Morgan fingerprint density at radius 1 is 1.48 bits per heavy atom. The first kappa shape index (κ1) is 14.2. The number of fused-ring (bicyclic) bond motifs is 1. The Labute approximate surface area is 132 Å².